The number of allylic oxidation sites excluding steroid dienone is 16. The van der Waals surface area contributed by atoms with E-state index in [0.29, 0.717) is 19.3 Å². The highest BCUT2D eigenvalue weighted by Gasteiger charge is 2.19. The lowest BCUT2D eigenvalue weighted by Crippen LogP contribution is -2.30. The lowest BCUT2D eigenvalue weighted by Gasteiger charge is -2.18. The van der Waals surface area contributed by atoms with Gasteiger partial charge in [0.25, 0.3) is 0 Å². The van der Waals surface area contributed by atoms with Crippen molar-refractivity contribution in [2.45, 2.75) is 226 Å². The molecule has 0 rings (SSSR count). The normalized spacial score (nSPS) is 12.9. The molecule has 0 aliphatic heterocycles. The molecule has 352 valence electrons. The van der Waals surface area contributed by atoms with Crippen molar-refractivity contribution in [1.82, 2.24) is 0 Å². The van der Waals surface area contributed by atoms with Crippen molar-refractivity contribution < 1.29 is 28.6 Å². The Morgan fingerprint density at radius 2 is 0.677 bits per heavy atom. The standard InChI is InChI=1S/C56H92O6/c1-4-7-10-13-16-19-22-25-27-28-29-32-34-37-40-43-46-49-55(58)61-52-53(51-60-54(57)48-45-42-39-36-33-30-24-21-18-15-12-9-6-3)62-56(59)50-47-44-41-38-35-31-26-23-20-17-14-11-8-5-2/h7,10,12,15-16,19,21,23-27,29,32,37,40,53H,4-6,8-9,11,13-14,17-18,20,22,28,30-31,33-36,38-39,41-52H2,1-3H3/b10-7-,15-12-,19-16-,24-21-,26-23-,27-25-,32-29-,40-37-. The minimum atomic E-state index is -0.810. The van der Waals surface area contributed by atoms with Gasteiger partial charge in [-0.1, -0.05) is 189 Å². The maximum absolute atomic E-state index is 12.8. The highest BCUT2D eigenvalue weighted by Crippen LogP contribution is 2.13. The number of hydrogen-bond acceptors (Lipinski definition) is 6. The average molecular weight is 861 g/mol. The summed E-state index contributed by atoms with van der Waals surface area (Å²) in [5, 5.41) is 0. The number of unbranched alkanes of at least 4 members (excludes halogenated alkanes) is 17. The molecule has 0 aliphatic rings. The van der Waals surface area contributed by atoms with Crippen LogP contribution in [0.25, 0.3) is 0 Å². The first-order chi connectivity index (χ1) is 30.5. The molecule has 0 aromatic heterocycles. The van der Waals surface area contributed by atoms with Gasteiger partial charge in [-0.25, -0.2) is 0 Å². The second-order valence-corrected chi connectivity index (χ2v) is 16.3. The van der Waals surface area contributed by atoms with Gasteiger partial charge in [0.2, 0.25) is 0 Å². The number of carbonyl (C=O) groups excluding carboxylic acids is 3. The fraction of sp³-hybridized carbons (Fsp3) is 0.661. The van der Waals surface area contributed by atoms with Crippen LogP contribution in [0.4, 0.5) is 0 Å². The SMILES string of the molecule is CC/C=C\C/C=C\C/C=C\C/C=C\C/C=C\CCCC(=O)OCC(COC(=O)CCCCCCC/C=C\C/C=C\CCC)OC(=O)CCCCCCC/C=C\CCCCCCC. The van der Waals surface area contributed by atoms with E-state index in [0.717, 1.165) is 122 Å². The van der Waals surface area contributed by atoms with Crippen molar-refractivity contribution in [3.8, 4) is 0 Å². The molecule has 0 saturated heterocycles. The van der Waals surface area contributed by atoms with Crippen LogP contribution in [0.15, 0.2) is 97.2 Å². The van der Waals surface area contributed by atoms with Crippen LogP contribution in [0.5, 0.6) is 0 Å². The Morgan fingerprint density at radius 3 is 1.13 bits per heavy atom. The van der Waals surface area contributed by atoms with E-state index >= 15 is 0 Å². The fourth-order valence-electron chi connectivity index (χ4n) is 6.51. The molecule has 0 aliphatic carbocycles. The molecule has 62 heavy (non-hydrogen) atoms. The predicted octanol–water partition coefficient (Wildman–Crippen LogP) is 16.6. The summed E-state index contributed by atoms with van der Waals surface area (Å²) in [7, 11) is 0. The van der Waals surface area contributed by atoms with Gasteiger partial charge in [0.05, 0.1) is 0 Å². The Balaban J connectivity index is 4.52. The van der Waals surface area contributed by atoms with Crippen molar-refractivity contribution in [2.24, 2.45) is 0 Å². The van der Waals surface area contributed by atoms with Crippen LogP contribution in [0.1, 0.15) is 220 Å². The van der Waals surface area contributed by atoms with Crippen LogP contribution in [0, 0.1) is 0 Å². The van der Waals surface area contributed by atoms with Crippen molar-refractivity contribution in [2.75, 3.05) is 13.2 Å². The summed E-state index contributed by atoms with van der Waals surface area (Å²) in [5.41, 5.74) is 0. The second-order valence-electron chi connectivity index (χ2n) is 16.3. The summed E-state index contributed by atoms with van der Waals surface area (Å²) < 4.78 is 16.7. The van der Waals surface area contributed by atoms with Crippen molar-refractivity contribution >= 4 is 17.9 Å². The highest BCUT2D eigenvalue weighted by molar-refractivity contribution is 5.71. The third-order valence-corrected chi connectivity index (χ3v) is 10.3. The fourth-order valence-corrected chi connectivity index (χ4v) is 6.51. The van der Waals surface area contributed by atoms with Crippen molar-refractivity contribution in [3.05, 3.63) is 97.2 Å². The molecule has 0 aromatic rings. The monoisotopic (exact) mass is 861 g/mol. The van der Waals surface area contributed by atoms with Gasteiger partial charge < -0.3 is 14.2 Å². The molecule has 0 amide bonds. The Hall–Kier alpha value is -3.67. The zero-order valence-electron chi connectivity index (χ0n) is 40.1. The van der Waals surface area contributed by atoms with E-state index < -0.39 is 6.10 Å². The van der Waals surface area contributed by atoms with Crippen LogP contribution in [-0.4, -0.2) is 37.2 Å². The Labute approximate surface area is 381 Å². The number of carbonyl (C=O) groups is 3. The summed E-state index contributed by atoms with van der Waals surface area (Å²) in [6.07, 6.45) is 65.3. The zero-order valence-corrected chi connectivity index (χ0v) is 40.1. The van der Waals surface area contributed by atoms with E-state index in [9.17, 15) is 14.4 Å². The van der Waals surface area contributed by atoms with Gasteiger partial charge in [0, 0.05) is 19.3 Å². The van der Waals surface area contributed by atoms with Gasteiger partial charge in [-0.3, -0.25) is 14.4 Å². The first-order valence-corrected chi connectivity index (χ1v) is 25.2. The quantitative estimate of drug-likeness (QED) is 0.0263. The zero-order chi connectivity index (χ0) is 45.1. The van der Waals surface area contributed by atoms with Gasteiger partial charge in [-0.2, -0.15) is 0 Å². The molecule has 0 bridgehead atoms. The van der Waals surface area contributed by atoms with E-state index in [-0.39, 0.29) is 37.5 Å². The van der Waals surface area contributed by atoms with Gasteiger partial charge in [-0.15, -0.1) is 0 Å². The largest absolute Gasteiger partial charge is 0.462 e. The molecule has 6 nitrogen and oxygen atoms in total. The molecule has 0 N–H and O–H groups in total. The summed E-state index contributed by atoms with van der Waals surface area (Å²) in [5.74, 6) is -0.994. The van der Waals surface area contributed by atoms with Gasteiger partial charge in [0.15, 0.2) is 6.10 Å². The molecule has 6 heteroatoms. The van der Waals surface area contributed by atoms with Crippen LogP contribution < -0.4 is 0 Å². The maximum Gasteiger partial charge on any atom is 0.306 e. The summed E-state index contributed by atoms with van der Waals surface area (Å²) in [6.45, 7) is 6.37. The van der Waals surface area contributed by atoms with Gasteiger partial charge in [-0.05, 0) is 109 Å². The van der Waals surface area contributed by atoms with Crippen LogP contribution >= 0.6 is 0 Å². The van der Waals surface area contributed by atoms with E-state index in [1.165, 1.54) is 51.4 Å². The van der Waals surface area contributed by atoms with Crippen LogP contribution in [0.3, 0.4) is 0 Å². The molecule has 0 heterocycles. The van der Waals surface area contributed by atoms with E-state index in [4.69, 9.17) is 14.2 Å². The Kier molecular flexibility index (Phi) is 47.0. The van der Waals surface area contributed by atoms with E-state index in [1.54, 1.807) is 0 Å². The highest BCUT2D eigenvalue weighted by atomic mass is 16.6. The number of ether oxygens (including phenoxy) is 3. The molecular formula is C56H92O6. The Morgan fingerprint density at radius 1 is 0.339 bits per heavy atom. The molecule has 1 atom stereocenters. The minimum absolute atomic E-state index is 0.107. The third kappa shape index (κ3) is 47.4. The van der Waals surface area contributed by atoms with Gasteiger partial charge >= 0.3 is 17.9 Å². The maximum atomic E-state index is 12.8. The Bertz CT molecular complexity index is 1260. The van der Waals surface area contributed by atoms with E-state index in [2.05, 4.69) is 118 Å². The van der Waals surface area contributed by atoms with Gasteiger partial charge in [0.1, 0.15) is 13.2 Å². The molecule has 0 fully saturated rings. The predicted molar refractivity (Wildman–Crippen MR) is 265 cm³/mol. The summed E-state index contributed by atoms with van der Waals surface area (Å²) >= 11 is 0. The molecule has 0 saturated carbocycles. The number of esters is 3. The molecule has 1 unspecified atom stereocenters. The topological polar surface area (TPSA) is 78.9 Å². The molecular weight excluding hydrogens is 769 g/mol. The summed E-state index contributed by atoms with van der Waals surface area (Å²) in [4.78, 5) is 37.9. The molecule has 0 radical (unpaired) electrons. The lowest BCUT2D eigenvalue weighted by atomic mass is 10.1. The van der Waals surface area contributed by atoms with E-state index in [1.807, 2.05) is 0 Å². The molecule has 0 aromatic carbocycles. The number of rotatable bonds is 44. The van der Waals surface area contributed by atoms with Crippen molar-refractivity contribution in [1.29, 1.82) is 0 Å². The van der Waals surface area contributed by atoms with Crippen molar-refractivity contribution in [3.63, 3.8) is 0 Å². The first kappa shape index (κ1) is 58.3. The first-order valence-electron chi connectivity index (χ1n) is 25.2. The van der Waals surface area contributed by atoms with Crippen LogP contribution in [-0.2, 0) is 28.6 Å². The second kappa shape index (κ2) is 50.0. The van der Waals surface area contributed by atoms with Crippen LogP contribution in [0.2, 0.25) is 0 Å². The summed E-state index contributed by atoms with van der Waals surface area (Å²) in [6, 6.07) is 0. The minimum Gasteiger partial charge on any atom is -0.462 e. The lowest BCUT2D eigenvalue weighted by molar-refractivity contribution is -0.167. The number of hydrogen-bond donors (Lipinski definition) is 0. The molecule has 0 spiro atoms. The smallest absolute Gasteiger partial charge is 0.306 e. The third-order valence-electron chi connectivity index (χ3n) is 10.3. The average Bonchev–Trinajstić information content (AvgIpc) is 3.27.